The number of benzene rings is 4. The molecule has 314 valence electrons. The number of azo groups is 1. The minimum absolute atomic E-state index is 0.0785. The van der Waals surface area contributed by atoms with E-state index in [1.807, 2.05) is 0 Å². The summed E-state index contributed by atoms with van der Waals surface area (Å²) in [5, 5.41) is 14.7. The van der Waals surface area contributed by atoms with E-state index in [4.69, 9.17) is 15.0 Å². The lowest BCUT2D eigenvalue weighted by molar-refractivity contribution is -0.133. The molecule has 1 atom stereocenters. The molecule has 0 radical (unpaired) electrons. The second-order valence-electron chi connectivity index (χ2n) is 12.4. The van der Waals surface area contributed by atoms with Gasteiger partial charge < -0.3 is 15.8 Å². The predicted octanol–water partition coefficient (Wildman–Crippen LogP) is 1.90. The van der Waals surface area contributed by atoms with Crippen molar-refractivity contribution >= 4 is 98.1 Å². The fourth-order valence-corrected chi connectivity index (χ4v) is 8.57. The molecule has 4 aromatic carbocycles. The Morgan fingerprint density at radius 3 is 2.02 bits per heavy atom. The van der Waals surface area contributed by atoms with Gasteiger partial charge >= 0.3 is 16.4 Å². The molecule has 60 heavy (non-hydrogen) atoms. The van der Waals surface area contributed by atoms with Crippen molar-refractivity contribution in [2.75, 3.05) is 35.5 Å². The molecule has 23 nitrogen and oxygen atoms in total. The van der Waals surface area contributed by atoms with E-state index in [-0.39, 0.29) is 21.7 Å². The number of amides is 1. The van der Waals surface area contributed by atoms with Gasteiger partial charge in [-0.1, -0.05) is 24.3 Å². The first-order valence-electron chi connectivity index (χ1n) is 16.3. The molecule has 4 aromatic rings. The molecule has 1 heterocycles. The van der Waals surface area contributed by atoms with Gasteiger partial charge in [-0.05, 0) is 48.5 Å². The molecule has 0 saturated carbocycles. The van der Waals surface area contributed by atoms with Gasteiger partial charge in [0.1, 0.15) is 4.90 Å². The molecule has 6 N–H and O–H groups in total. The highest BCUT2D eigenvalue weighted by atomic mass is 32.3. The number of carbonyl (C=O) groups is 4. The SMILES string of the molecule is COC(=O)C1=NN(c2cc(Nc3cc(S(=O)(=O)O)c(N)c4c3C(=O)c3ccccc3C4=O)cc(S(=O)(=O)O)c2)C(=O)C1N=Nc1ccc(S(=O)(=O)CCOS(=O)(=O)O)cc1. The van der Waals surface area contributed by atoms with Crippen molar-refractivity contribution in [1.82, 2.24) is 0 Å². The van der Waals surface area contributed by atoms with Gasteiger partial charge in [-0.3, -0.25) is 28.0 Å². The molecule has 1 amide bonds. The van der Waals surface area contributed by atoms with Gasteiger partial charge in [-0.2, -0.15) is 45.6 Å². The van der Waals surface area contributed by atoms with E-state index >= 15 is 0 Å². The normalized spacial score (nSPS) is 15.8. The predicted molar refractivity (Wildman–Crippen MR) is 205 cm³/mol. The summed E-state index contributed by atoms with van der Waals surface area (Å²) < 4.78 is 134. The fourth-order valence-electron chi connectivity index (χ4n) is 5.89. The quantitative estimate of drug-likeness (QED) is 0.0487. The number of hydrazone groups is 1. The first-order chi connectivity index (χ1) is 27.9. The van der Waals surface area contributed by atoms with Crippen molar-refractivity contribution in [3.8, 4) is 0 Å². The molecule has 27 heteroatoms. The number of nitrogens with zero attached hydrogens (tertiary/aromatic N) is 4. The fraction of sp³-hybridized carbons (Fsp3) is 0.121. The summed E-state index contributed by atoms with van der Waals surface area (Å²) >= 11 is 0. The Morgan fingerprint density at radius 1 is 0.833 bits per heavy atom. The summed E-state index contributed by atoms with van der Waals surface area (Å²) in [5.74, 6) is -4.93. The number of fused-ring (bicyclic) bond motifs is 2. The standard InChI is InChI=1S/C33H26N6O17S4/c1-55-33(43)29-28(37-36-16-6-8-19(9-7-16)57(44,45)11-10-56-60(52,53)54)32(42)39(38-29)18-12-17(13-20(14-18)58(46,47)48)35-23-15-24(59(49,50)51)27(34)26-25(23)30(40)21-4-2-3-5-22(21)31(26)41/h2-9,12-15,28,35H,10-11,34H2,1H3,(H,46,47,48)(H,49,50,51)(H,52,53,54). The van der Waals surface area contributed by atoms with Crippen molar-refractivity contribution in [3.63, 3.8) is 0 Å². The van der Waals surface area contributed by atoms with E-state index in [0.717, 1.165) is 49.6 Å². The Balaban J connectivity index is 1.38. The van der Waals surface area contributed by atoms with E-state index < -0.39 is 132 Å². The number of nitrogens with two attached hydrogens (primary N) is 1. The second-order valence-corrected chi connectivity index (χ2v) is 18.4. The van der Waals surface area contributed by atoms with Gasteiger partial charge in [0.15, 0.2) is 27.1 Å². The van der Waals surface area contributed by atoms with E-state index in [9.17, 15) is 62.0 Å². The monoisotopic (exact) mass is 906 g/mol. The first-order valence-corrected chi connectivity index (χ1v) is 22.2. The van der Waals surface area contributed by atoms with Crippen LogP contribution in [0.25, 0.3) is 0 Å². The molecular formula is C33H26N6O17S4. The topological polar surface area (TPSA) is 362 Å². The summed E-state index contributed by atoms with van der Waals surface area (Å²) in [6, 6.07) is 11.2. The maximum atomic E-state index is 13.8. The number of ether oxygens (including phenoxy) is 1. The third-order valence-corrected chi connectivity index (χ3v) is 12.4. The highest BCUT2D eigenvalue weighted by Crippen LogP contribution is 2.41. The zero-order valence-electron chi connectivity index (χ0n) is 30.0. The van der Waals surface area contributed by atoms with Gasteiger partial charge in [0.05, 0.1) is 63.1 Å². The number of esters is 1. The number of nitrogens with one attached hydrogen (secondary N) is 1. The van der Waals surface area contributed by atoms with Crippen LogP contribution in [-0.2, 0) is 59.0 Å². The molecule has 0 aromatic heterocycles. The molecular weight excluding hydrogens is 881 g/mol. The van der Waals surface area contributed by atoms with Crippen LogP contribution < -0.4 is 16.1 Å². The minimum atomic E-state index is -5.18. The Hall–Kier alpha value is -6.33. The van der Waals surface area contributed by atoms with E-state index in [2.05, 4.69) is 24.8 Å². The molecule has 0 saturated heterocycles. The largest absolute Gasteiger partial charge is 0.464 e. The number of ketones is 2. The van der Waals surface area contributed by atoms with Crippen LogP contribution in [0.3, 0.4) is 0 Å². The highest BCUT2D eigenvalue weighted by molar-refractivity contribution is 7.91. The molecule has 0 bridgehead atoms. The number of hydrogen-bond acceptors (Lipinski definition) is 19. The Bertz CT molecular complexity index is 3060. The summed E-state index contributed by atoms with van der Waals surface area (Å²) in [7, 11) is -18.4. The van der Waals surface area contributed by atoms with Crippen LogP contribution in [0.15, 0.2) is 103 Å². The van der Waals surface area contributed by atoms with Gasteiger partial charge in [-0.25, -0.2) is 17.4 Å². The number of rotatable bonds is 13. The van der Waals surface area contributed by atoms with Crippen LogP contribution in [0.5, 0.6) is 0 Å². The molecule has 2 aliphatic rings. The van der Waals surface area contributed by atoms with Crippen LogP contribution in [0.2, 0.25) is 0 Å². The zero-order valence-corrected chi connectivity index (χ0v) is 33.2. The number of carbonyl (C=O) groups excluding carboxylic acids is 4. The lowest BCUT2D eigenvalue weighted by Gasteiger charge is -2.24. The average Bonchev–Trinajstić information content (AvgIpc) is 3.50. The second kappa shape index (κ2) is 15.7. The van der Waals surface area contributed by atoms with Gasteiger partial charge in [-0.15, -0.1) is 0 Å². The number of sulfone groups is 1. The first kappa shape index (κ1) is 43.3. The van der Waals surface area contributed by atoms with Crippen LogP contribution >= 0.6 is 0 Å². The molecule has 1 unspecified atom stereocenters. The van der Waals surface area contributed by atoms with Gasteiger partial charge in [0.25, 0.3) is 26.1 Å². The van der Waals surface area contributed by atoms with E-state index in [1.165, 1.54) is 24.3 Å². The average molecular weight is 907 g/mol. The molecule has 0 spiro atoms. The van der Waals surface area contributed by atoms with Gasteiger partial charge in [0, 0.05) is 16.8 Å². The summed E-state index contributed by atoms with van der Waals surface area (Å²) in [4.78, 5) is 51.7. The maximum Gasteiger partial charge on any atom is 0.397 e. The van der Waals surface area contributed by atoms with Crippen molar-refractivity contribution in [1.29, 1.82) is 0 Å². The number of hydrogen-bond donors (Lipinski definition) is 5. The Labute approximate surface area is 338 Å². The molecule has 1 aliphatic carbocycles. The smallest absolute Gasteiger partial charge is 0.397 e. The van der Waals surface area contributed by atoms with Crippen molar-refractivity contribution in [2.45, 2.75) is 20.7 Å². The zero-order chi connectivity index (χ0) is 44.1. The van der Waals surface area contributed by atoms with Crippen LogP contribution in [-0.4, -0.2) is 102 Å². The highest BCUT2D eigenvalue weighted by Gasteiger charge is 2.42. The number of anilines is 4. The summed E-state index contributed by atoms with van der Waals surface area (Å²) in [5.41, 5.74) is 1.75. The third kappa shape index (κ3) is 8.67. The molecule has 6 rings (SSSR count). The van der Waals surface area contributed by atoms with Crippen LogP contribution in [0.1, 0.15) is 31.8 Å². The van der Waals surface area contributed by atoms with Crippen molar-refractivity contribution in [2.24, 2.45) is 15.3 Å². The molecule has 0 fully saturated rings. The lowest BCUT2D eigenvalue weighted by Crippen LogP contribution is -2.33. The molecule has 1 aliphatic heterocycles. The summed E-state index contributed by atoms with van der Waals surface area (Å²) in [6.07, 6.45) is 0. The Morgan fingerprint density at radius 2 is 1.45 bits per heavy atom. The lowest BCUT2D eigenvalue weighted by atomic mass is 9.82. The number of nitrogen functional groups attached to an aromatic ring is 1. The summed E-state index contributed by atoms with van der Waals surface area (Å²) in [6.45, 7) is -0.892. The third-order valence-electron chi connectivity index (χ3n) is 8.56. The number of methoxy groups -OCH3 is 1. The minimum Gasteiger partial charge on any atom is -0.464 e. The van der Waals surface area contributed by atoms with E-state index in [1.54, 1.807) is 0 Å². The van der Waals surface area contributed by atoms with Crippen LogP contribution in [0.4, 0.5) is 28.4 Å². The van der Waals surface area contributed by atoms with Crippen LogP contribution in [0, 0.1) is 0 Å². The van der Waals surface area contributed by atoms with Crippen molar-refractivity contribution < 1.29 is 75.4 Å². The Kier molecular flexibility index (Phi) is 11.3. The van der Waals surface area contributed by atoms with E-state index in [0.29, 0.717) is 11.1 Å². The van der Waals surface area contributed by atoms with Crippen molar-refractivity contribution in [3.05, 3.63) is 95.1 Å². The maximum absolute atomic E-state index is 13.8. The van der Waals surface area contributed by atoms with Gasteiger partial charge in [0.2, 0.25) is 6.04 Å².